The lowest BCUT2D eigenvalue weighted by atomic mass is 10.1. The first-order valence-electron chi connectivity index (χ1n) is 5.10. The molecule has 3 nitrogen and oxygen atoms in total. The summed E-state index contributed by atoms with van der Waals surface area (Å²) >= 11 is 3.23. The van der Waals surface area contributed by atoms with Crippen molar-refractivity contribution in [3.63, 3.8) is 0 Å². The summed E-state index contributed by atoms with van der Waals surface area (Å²) in [6.07, 6.45) is 1.38. The molecule has 0 aliphatic carbocycles. The zero-order valence-corrected chi connectivity index (χ0v) is 10.5. The van der Waals surface area contributed by atoms with E-state index in [1.807, 2.05) is 11.8 Å². The number of aryl methyl sites for hydroxylation is 1. The summed E-state index contributed by atoms with van der Waals surface area (Å²) in [7, 11) is 0. The average molecular weight is 292 g/mol. The average Bonchev–Trinajstić information content (AvgIpc) is 2.19. The van der Waals surface area contributed by atoms with Crippen molar-refractivity contribution in [2.75, 3.05) is 18.0 Å². The van der Waals surface area contributed by atoms with E-state index in [1.54, 1.807) is 6.20 Å². The molecule has 0 amide bonds. The fourth-order valence-electron chi connectivity index (χ4n) is 1.80. The van der Waals surface area contributed by atoms with E-state index in [1.165, 1.54) is 0 Å². The maximum atomic E-state index is 13.0. The Kier molecular flexibility index (Phi) is 3.10. The van der Waals surface area contributed by atoms with Gasteiger partial charge in [0.05, 0.1) is 11.9 Å². The number of piperidine rings is 1. The van der Waals surface area contributed by atoms with Crippen molar-refractivity contribution in [1.29, 1.82) is 0 Å². The van der Waals surface area contributed by atoms with Crippen LogP contribution in [0.25, 0.3) is 0 Å². The maximum Gasteiger partial charge on any atom is 0.251 e. The Bertz CT molecular complexity index is 388. The molecule has 1 aliphatic rings. The minimum absolute atomic E-state index is 0.107. The lowest BCUT2D eigenvalue weighted by molar-refractivity contribution is -0.0221. The molecule has 1 aliphatic heterocycles. The predicted molar refractivity (Wildman–Crippen MR) is 60.9 cm³/mol. The highest BCUT2D eigenvalue weighted by molar-refractivity contribution is 9.10. The Morgan fingerprint density at radius 3 is 2.56 bits per heavy atom. The first kappa shape index (κ1) is 11.7. The van der Waals surface area contributed by atoms with Gasteiger partial charge in [-0.25, -0.2) is 18.7 Å². The van der Waals surface area contributed by atoms with Gasteiger partial charge in [-0.2, -0.15) is 0 Å². The molecule has 2 rings (SSSR count). The van der Waals surface area contributed by atoms with E-state index in [-0.39, 0.29) is 12.8 Å². The monoisotopic (exact) mass is 291 g/mol. The Morgan fingerprint density at radius 2 is 2.00 bits per heavy atom. The van der Waals surface area contributed by atoms with E-state index in [4.69, 9.17) is 0 Å². The Hall–Kier alpha value is -0.780. The second kappa shape index (κ2) is 4.24. The molecule has 1 fully saturated rings. The van der Waals surface area contributed by atoms with E-state index in [9.17, 15) is 8.78 Å². The smallest absolute Gasteiger partial charge is 0.251 e. The largest absolute Gasteiger partial charge is 0.355 e. The Morgan fingerprint density at radius 1 is 1.38 bits per heavy atom. The zero-order chi connectivity index (χ0) is 11.8. The lowest BCUT2D eigenvalue weighted by Crippen LogP contribution is -2.40. The van der Waals surface area contributed by atoms with Gasteiger partial charge in [0.15, 0.2) is 0 Å². The summed E-state index contributed by atoms with van der Waals surface area (Å²) < 4.78 is 26.6. The number of halogens is 3. The van der Waals surface area contributed by atoms with Crippen molar-refractivity contribution < 1.29 is 8.78 Å². The molecule has 1 aromatic heterocycles. The summed E-state index contributed by atoms with van der Waals surface area (Å²) in [5.41, 5.74) is 0.764. The topological polar surface area (TPSA) is 29.0 Å². The third kappa shape index (κ3) is 2.48. The van der Waals surface area contributed by atoms with Crippen LogP contribution >= 0.6 is 15.9 Å². The minimum atomic E-state index is -2.52. The molecule has 0 unspecified atom stereocenters. The number of anilines is 1. The number of aromatic nitrogens is 2. The fraction of sp³-hybridized carbons (Fsp3) is 0.600. The van der Waals surface area contributed by atoms with E-state index >= 15 is 0 Å². The van der Waals surface area contributed by atoms with Gasteiger partial charge in [0, 0.05) is 25.9 Å². The van der Waals surface area contributed by atoms with Crippen molar-refractivity contribution in [2.45, 2.75) is 25.7 Å². The van der Waals surface area contributed by atoms with Gasteiger partial charge in [-0.1, -0.05) is 0 Å². The van der Waals surface area contributed by atoms with Crippen molar-refractivity contribution in [3.8, 4) is 0 Å². The van der Waals surface area contributed by atoms with Gasteiger partial charge in [0.25, 0.3) is 5.92 Å². The number of hydrogen-bond acceptors (Lipinski definition) is 3. The van der Waals surface area contributed by atoms with E-state index in [0.717, 1.165) is 5.69 Å². The minimum Gasteiger partial charge on any atom is -0.355 e. The van der Waals surface area contributed by atoms with Crippen molar-refractivity contribution in [3.05, 3.63) is 16.5 Å². The highest BCUT2D eigenvalue weighted by Crippen LogP contribution is 2.30. The quantitative estimate of drug-likeness (QED) is 0.797. The number of rotatable bonds is 1. The molecular formula is C10H12BrF2N3. The number of hydrogen-bond donors (Lipinski definition) is 0. The van der Waals surface area contributed by atoms with Crippen LogP contribution in [-0.4, -0.2) is 29.0 Å². The molecule has 6 heteroatoms. The first-order chi connectivity index (χ1) is 7.48. The van der Waals surface area contributed by atoms with Crippen LogP contribution in [0.5, 0.6) is 0 Å². The van der Waals surface area contributed by atoms with Gasteiger partial charge >= 0.3 is 0 Å². The second-order valence-electron chi connectivity index (χ2n) is 3.94. The van der Waals surface area contributed by atoms with Gasteiger partial charge in [0.2, 0.25) is 0 Å². The standard InChI is InChI=1S/C10H12BrF2N3/c1-7-9(14-6-8(11)15-7)16-4-2-10(12,13)3-5-16/h6H,2-5H2,1H3. The molecule has 1 aromatic rings. The highest BCUT2D eigenvalue weighted by atomic mass is 79.9. The van der Waals surface area contributed by atoms with Gasteiger partial charge in [0.1, 0.15) is 10.4 Å². The van der Waals surface area contributed by atoms with Crippen LogP contribution < -0.4 is 4.90 Å². The van der Waals surface area contributed by atoms with Crippen LogP contribution in [0.3, 0.4) is 0 Å². The third-order valence-electron chi connectivity index (χ3n) is 2.69. The van der Waals surface area contributed by atoms with E-state index in [0.29, 0.717) is 23.5 Å². The van der Waals surface area contributed by atoms with Gasteiger partial charge in [-0.15, -0.1) is 0 Å². The Balaban J connectivity index is 2.14. The van der Waals surface area contributed by atoms with Crippen LogP contribution in [0.1, 0.15) is 18.5 Å². The fourth-order valence-corrected chi connectivity index (χ4v) is 2.17. The molecule has 88 valence electrons. The molecule has 0 bridgehead atoms. The molecule has 0 saturated carbocycles. The predicted octanol–water partition coefficient (Wildman–Crippen LogP) is 2.78. The highest BCUT2D eigenvalue weighted by Gasteiger charge is 2.34. The summed E-state index contributed by atoms with van der Waals surface area (Å²) in [5.74, 6) is -1.81. The molecule has 0 N–H and O–H groups in total. The Labute approximate surface area is 101 Å². The van der Waals surface area contributed by atoms with Crippen molar-refractivity contribution in [2.24, 2.45) is 0 Å². The van der Waals surface area contributed by atoms with Crippen LogP contribution in [0, 0.1) is 6.92 Å². The summed E-state index contributed by atoms with van der Waals surface area (Å²) in [4.78, 5) is 10.3. The van der Waals surface area contributed by atoms with Gasteiger partial charge in [-0.3, -0.25) is 0 Å². The van der Waals surface area contributed by atoms with Gasteiger partial charge in [-0.05, 0) is 22.9 Å². The van der Waals surface area contributed by atoms with Crippen LogP contribution in [-0.2, 0) is 0 Å². The van der Waals surface area contributed by atoms with Crippen LogP contribution in [0.15, 0.2) is 10.8 Å². The molecule has 0 spiro atoms. The first-order valence-corrected chi connectivity index (χ1v) is 5.89. The summed E-state index contributed by atoms with van der Waals surface area (Å²) in [6.45, 7) is 2.51. The SMILES string of the molecule is Cc1nc(Br)cnc1N1CCC(F)(F)CC1. The van der Waals surface area contributed by atoms with Crippen LogP contribution in [0.2, 0.25) is 0 Å². The summed E-state index contributed by atoms with van der Waals surface area (Å²) in [5, 5.41) is 0. The van der Waals surface area contributed by atoms with E-state index in [2.05, 4.69) is 25.9 Å². The normalized spacial score (nSPS) is 19.9. The lowest BCUT2D eigenvalue weighted by Gasteiger charge is -2.32. The molecule has 0 aromatic carbocycles. The number of alkyl halides is 2. The van der Waals surface area contributed by atoms with Crippen molar-refractivity contribution in [1.82, 2.24) is 9.97 Å². The maximum absolute atomic E-state index is 13.0. The van der Waals surface area contributed by atoms with Crippen molar-refractivity contribution >= 4 is 21.7 Å². The van der Waals surface area contributed by atoms with Gasteiger partial charge < -0.3 is 4.90 Å². The molecular weight excluding hydrogens is 280 g/mol. The second-order valence-corrected chi connectivity index (χ2v) is 4.76. The zero-order valence-electron chi connectivity index (χ0n) is 8.88. The molecule has 2 heterocycles. The molecule has 0 radical (unpaired) electrons. The molecule has 16 heavy (non-hydrogen) atoms. The summed E-state index contributed by atoms with van der Waals surface area (Å²) in [6, 6.07) is 0. The molecule has 1 saturated heterocycles. The third-order valence-corrected chi connectivity index (χ3v) is 3.07. The van der Waals surface area contributed by atoms with Crippen LogP contribution in [0.4, 0.5) is 14.6 Å². The van der Waals surface area contributed by atoms with E-state index < -0.39 is 5.92 Å². The molecule has 0 atom stereocenters. The number of nitrogens with zero attached hydrogens (tertiary/aromatic N) is 3.